The van der Waals surface area contributed by atoms with Gasteiger partial charge in [-0.1, -0.05) is 30.3 Å². The molecule has 1 amide bonds. The van der Waals surface area contributed by atoms with E-state index in [0.29, 0.717) is 28.7 Å². The van der Waals surface area contributed by atoms with E-state index in [0.717, 1.165) is 5.56 Å². The summed E-state index contributed by atoms with van der Waals surface area (Å²) in [5.41, 5.74) is 3.64. The van der Waals surface area contributed by atoms with Crippen LogP contribution in [-0.4, -0.2) is 25.8 Å². The summed E-state index contributed by atoms with van der Waals surface area (Å²) in [7, 11) is 1.55. The van der Waals surface area contributed by atoms with Crippen LogP contribution in [0.25, 0.3) is 0 Å². The van der Waals surface area contributed by atoms with Crippen LogP contribution in [0.5, 0.6) is 11.5 Å². The van der Waals surface area contributed by atoms with Crippen LogP contribution in [0.1, 0.15) is 15.9 Å². The van der Waals surface area contributed by atoms with Crippen molar-refractivity contribution in [1.29, 1.82) is 0 Å². The second-order valence-corrected chi connectivity index (χ2v) is 5.16. The fourth-order valence-corrected chi connectivity index (χ4v) is 2.08. The average molecular weight is 345 g/mol. The van der Waals surface area contributed by atoms with Gasteiger partial charge in [0.05, 0.1) is 13.3 Å². The number of carbonyl (C=O) groups excluding carboxylic acids is 1. The second-order valence-electron chi connectivity index (χ2n) is 4.72. The highest BCUT2D eigenvalue weighted by molar-refractivity contribution is 6.30. The number of methoxy groups -OCH3 is 1. The number of hydrazone groups is 1. The lowest BCUT2D eigenvalue weighted by atomic mass is 10.2. The van der Waals surface area contributed by atoms with Gasteiger partial charge in [-0.15, -0.1) is 0 Å². The van der Waals surface area contributed by atoms with E-state index in [-0.39, 0.29) is 5.91 Å². The molecule has 0 atom stereocenters. The lowest BCUT2D eigenvalue weighted by Gasteiger charge is -2.09. The molecule has 0 saturated heterocycles. The lowest BCUT2D eigenvalue weighted by molar-refractivity contribution is 0.0955. The smallest absolute Gasteiger partial charge is 0.271 e. The molecule has 0 fully saturated rings. The number of nitrogens with one attached hydrogen (secondary N) is 1. The largest absolute Gasteiger partial charge is 0.493 e. The summed E-state index contributed by atoms with van der Waals surface area (Å²) in [6, 6.07) is 12.0. The van der Waals surface area contributed by atoms with Crippen molar-refractivity contribution in [2.75, 3.05) is 13.7 Å². The Morgan fingerprint density at radius 3 is 2.83 bits per heavy atom. The normalized spacial score (nSPS) is 10.4. The zero-order chi connectivity index (χ0) is 17.4. The highest BCUT2D eigenvalue weighted by Crippen LogP contribution is 2.27. The molecule has 0 aromatic heterocycles. The van der Waals surface area contributed by atoms with E-state index in [1.165, 1.54) is 6.21 Å². The zero-order valence-electron chi connectivity index (χ0n) is 13.2. The molecule has 124 valence electrons. The Labute approximate surface area is 145 Å². The Morgan fingerprint density at radius 1 is 1.29 bits per heavy atom. The van der Waals surface area contributed by atoms with Crippen LogP contribution in [0.2, 0.25) is 5.02 Å². The minimum atomic E-state index is -0.341. The number of amides is 1. The van der Waals surface area contributed by atoms with Gasteiger partial charge in [0.1, 0.15) is 6.61 Å². The summed E-state index contributed by atoms with van der Waals surface area (Å²) < 4.78 is 10.7. The molecule has 2 rings (SSSR count). The first-order valence-corrected chi connectivity index (χ1v) is 7.52. The third kappa shape index (κ3) is 4.86. The summed E-state index contributed by atoms with van der Waals surface area (Å²) in [5, 5.41) is 4.43. The van der Waals surface area contributed by atoms with E-state index < -0.39 is 0 Å². The highest BCUT2D eigenvalue weighted by atomic mass is 35.5. The van der Waals surface area contributed by atoms with Crippen LogP contribution < -0.4 is 14.9 Å². The Balaban J connectivity index is 2.03. The highest BCUT2D eigenvalue weighted by Gasteiger charge is 2.06. The molecule has 0 aliphatic carbocycles. The summed E-state index contributed by atoms with van der Waals surface area (Å²) in [6.45, 7) is 3.99. The summed E-state index contributed by atoms with van der Waals surface area (Å²) in [4.78, 5) is 11.9. The number of nitrogens with zero attached hydrogens (tertiary/aromatic N) is 1. The maximum Gasteiger partial charge on any atom is 0.271 e. The van der Waals surface area contributed by atoms with Gasteiger partial charge in [-0.2, -0.15) is 5.10 Å². The first kappa shape index (κ1) is 17.6. The number of ether oxygens (including phenoxy) is 2. The van der Waals surface area contributed by atoms with Crippen LogP contribution in [0.4, 0.5) is 0 Å². The van der Waals surface area contributed by atoms with Gasteiger partial charge in [0.25, 0.3) is 5.91 Å². The Bertz CT molecular complexity index is 760. The van der Waals surface area contributed by atoms with Crippen LogP contribution in [0, 0.1) is 0 Å². The fourth-order valence-electron chi connectivity index (χ4n) is 1.89. The molecule has 1 N–H and O–H groups in total. The molecule has 0 unspecified atom stereocenters. The van der Waals surface area contributed by atoms with Crippen LogP contribution in [-0.2, 0) is 0 Å². The van der Waals surface area contributed by atoms with Gasteiger partial charge in [0.2, 0.25) is 0 Å². The fraction of sp³-hybridized carbons (Fsp3) is 0.111. The average Bonchev–Trinajstić information content (AvgIpc) is 2.60. The van der Waals surface area contributed by atoms with Crippen molar-refractivity contribution < 1.29 is 14.3 Å². The summed E-state index contributed by atoms with van der Waals surface area (Å²) in [5.74, 6) is 0.839. The first-order chi connectivity index (χ1) is 11.6. The molecular weight excluding hydrogens is 328 g/mol. The van der Waals surface area contributed by atoms with Gasteiger partial charge in [-0.05, 0) is 42.0 Å². The molecule has 0 spiro atoms. The standard InChI is InChI=1S/C18H17ClN2O3/c1-3-9-24-16-8-7-13(10-17(16)23-2)12-20-21-18(22)14-5-4-6-15(19)11-14/h3-8,10-12H,1,9H2,2H3,(H,21,22)/b20-12-. The number of halogens is 1. The van der Waals surface area contributed by atoms with Gasteiger partial charge in [-0.3, -0.25) is 4.79 Å². The first-order valence-electron chi connectivity index (χ1n) is 7.14. The van der Waals surface area contributed by atoms with E-state index in [1.54, 1.807) is 55.7 Å². The van der Waals surface area contributed by atoms with Gasteiger partial charge in [-0.25, -0.2) is 5.43 Å². The minimum Gasteiger partial charge on any atom is -0.493 e. The van der Waals surface area contributed by atoms with E-state index in [1.807, 2.05) is 0 Å². The summed E-state index contributed by atoms with van der Waals surface area (Å²) in [6.07, 6.45) is 3.17. The van der Waals surface area contributed by atoms with E-state index in [4.69, 9.17) is 21.1 Å². The maximum atomic E-state index is 11.9. The topological polar surface area (TPSA) is 59.9 Å². The monoisotopic (exact) mass is 344 g/mol. The van der Waals surface area contributed by atoms with Gasteiger partial charge >= 0.3 is 0 Å². The van der Waals surface area contributed by atoms with Crippen LogP contribution >= 0.6 is 11.6 Å². The number of carbonyl (C=O) groups is 1. The molecule has 0 heterocycles. The quantitative estimate of drug-likeness (QED) is 0.473. The van der Waals surface area contributed by atoms with Crippen molar-refractivity contribution in [2.45, 2.75) is 0 Å². The molecule has 0 aliphatic rings. The van der Waals surface area contributed by atoms with Gasteiger partial charge in [0.15, 0.2) is 11.5 Å². The maximum absolute atomic E-state index is 11.9. The molecule has 24 heavy (non-hydrogen) atoms. The van der Waals surface area contributed by atoms with Crippen molar-refractivity contribution in [3.05, 3.63) is 71.3 Å². The number of hydrogen-bond donors (Lipinski definition) is 1. The zero-order valence-corrected chi connectivity index (χ0v) is 13.9. The third-order valence-electron chi connectivity index (χ3n) is 3.01. The van der Waals surface area contributed by atoms with E-state index in [9.17, 15) is 4.79 Å². The number of rotatable bonds is 7. The second kappa shape index (κ2) is 8.74. The lowest BCUT2D eigenvalue weighted by Crippen LogP contribution is -2.17. The molecule has 0 aliphatic heterocycles. The molecule has 6 heteroatoms. The van der Waals surface area contributed by atoms with Crippen LogP contribution in [0.3, 0.4) is 0 Å². The van der Waals surface area contributed by atoms with E-state index >= 15 is 0 Å². The molecular formula is C18H17ClN2O3. The molecule has 2 aromatic carbocycles. The van der Waals surface area contributed by atoms with Crippen molar-refractivity contribution in [3.63, 3.8) is 0 Å². The predicted molar refractivity (Wildman–Crippen MR) is 95.2 cm³/mol. The summed E-state index contributed by atoms with van der Waals surface area (Å²) >= 11 is 5.85. The van der Waals surface area contributed by atoms with Crippen molar-refractivity contribution in [1.82, 2.24) is 5.43 Å². The molecule has 0 bridgehead atoms. The van der Waals surface area contributed by atoms with Crippen molar-refractivity contribution >= 4 is 23.7 Å². The Morgan fingerprint density at radius 2 is 2.12 bits per heavy atom. The van der Waals surface area contributed by atoms with E-state index in [2.05, 4.69) is 17.1 Å². The Kier molecular flexibility index (Phi) is 6.40. The van der Waals surface area contributed by atoms with Gasteiger partial charge < -0.3 is 9.47 Å². The van der Waals surface area contributed by atoms with Gasteiger partial charge in [0, 0.05) is 10.6 Å². The van der Waals surface area contributed by atoms with Crippen LogP contribution in [0.15, 0.2) is 60.2 Å². The Hall–Kier alpha value is -2.79. The molecule has 0 radical (unpaired) electrons. The van der Waals surface area contributed by atoms with Crippen molar-refractivity contribution in [3.8, 4) is 11.5 Å². The third-order valence-corrected chi connectivity index (χ3v) is 3.25. The molecule has 0 saturated carbocycles. The molecule has 2 aromatic rings. The number of hydrogen-bond acceptors (Lipinski definition) is 4. The SMILES string of the molecule is C=CCOc1ccc(/C=N\NC(=O)c2cccc(Cl)c2)cc1OC. The van der Waals surface area contributed by atoms with Crippen molar-refractivity contribution in [2.24, 2.45) is 5.10 Å². The minimum absolute atomic E-state index is 0.341. The molecule has 5 nitrogen and oxygen atoms in total. The predicted octanol–water partition coefficient (Wildman–Crippen LogP) is 3.68. The number of benzene rings is 2.